The number of rotatable bonds is 5. The number of hydrogen-bond acceptors (Lipinski definition) is 6. The minimum absolute atomic E-state index is 0.110. The van der Waals surface area contributed by atoms with E-state index >= 15 is 0 Å². The van der Waals surface area contributed by atoms with Crippen molar-refractivity contribution < 1.29 is 28.5 Å². The Bertz CT molecular complexity index is 927. The zero-order chi connectivity index (χ0) is 21.9. The van der Waals surface area contributed by atoms with Crippen LogP contribution < -0.4 is 0 Å². The fourth-order valence-electron chi connectivity index (χ4n) is 4.81. The van der Waals surface area contributed by atoms with Gasteiger partial charge in [-0.3, -0.25) is 9.69 Å². The fraction of sp³-hybridized carbons (Fsp3) is 0.440. The second-order valence-corrected chi connectivity index (χ2v) is 8.52. The van der Waals surface area contributed by atoms with Crippen LogP contribution in [0.3, 0.4) is 0 Å². The molecular formula is C25H27NO6. The molecule has 168 valence electrons. The lowest BCUT2D eigenvalue weighted by molar-refractivity contribution is -0.0755. The Balaban J connectivity index is 1.22. The molecule has 0 aliphatic carbocycles. The highest BCUT2D eigenvalue weighted by atomic mass is 16.7. The number of piperidine rings is 1. The molecule has 0 saturated carbocycles. The van der Waals surface area contributed by atoms with Crippen molar-refractivity contribution in [3.05, 3.63) is 71.3 Å². The Morgan fingerprint density at radius 3 is 2.22 bits per heavy atom. The molecule has 3 aliphatic heterocycles. The van der Waals surface area contributed by atoms with Crippen molar-refractivity contribution in [1.29, 1.82) is 0 Å². The summed E-state index contributed by atoms with van der Waals surface area (Å²) in [5, 5.41) is 0. The van der Waals surface area contributed by atoms with Gasteiger partial charge in [0.2, 0.25) is 0 Å². The average molecular weight is 437 g/mol. The molecule has 3 fully saturated rings. The van der Waals surface area contributed by atoms with Gasteiger partial charge in [0.25, 0.3) is 0 Å². The van der Waals surface area contributed by atoms with E-state index < -0.39 is 0 Å². The summed E-state index contributed by atoms with van der Waals surface area (Å²) in [7, 11) is 0. The van der Waals surface area contributed by atoms with Crippen LogP contribution >= 0.6 is 0 Å². The Kier molecular flexibility index (Phi) is 6.21. The molecule has 2 aromatic carbocycles. The highest BCUT2D eigenvalue weighted by Crippen LogP contribution is 2.34. The molecule has 7 nitrogen and oxygen atoms in total. The molecule has 0 N–H and O–H groups in total. The van der Waals surface area contributed by atoms with Gasteiger partial charge >= 0.3 is 6.09 Å². The van der Waals surface area contributed by atoms with Gasteiger partial charge < -0.3 is 18.9 Å². The molecule has 3 aliphatic rings. The summed E-state index contributed by atoms with van der Waals surface area (Å²) in [6.07, 6.45) is 0.471. The van der Waals surface area contributed by atoms with Crippen LogP contribution in [0.1, 0.15) is 40.6 Å². The standard InChI is InChI=1S/C25H27NO6/c27-23(18-6-8-19(9-7-18)24-30-10-11-31-24)20-12-21-15-29-16-22(13-20)26(21)25(28)32-14-17-4-2-1-3-5-17/h1-9,20-22,24H,10-16H2. The lowest BCUT2D eigenvalue weighted by atomic mass is 9.81. The van der Waals surface area contributed by atoms with Gasteiger partial charge in [0.1, 0.15) is 6.61 Å². The van der Waals surface area contributed by atoms with E-state index in [0.717, 1.165) is 11.1 Å². The van der Waals surface area contributed by atoms with E-state index in [1.54, 1.807) is 4.90 Å². The minimum atomic E-state index is -0.346. The second kappa shape index (κ2) is 9.40. The Hall–Kier alpha value is -2.74. The summed E-state index contributed by atoms with van der Waals surface area (Å²) >= 11 is 0. The Labute approximate surface area is 187 Å². The van der Waals surface area contributed by atoms with Crippen molar-refractivity contribution in [1.82, 2.24) is 4.90 Å². The number of Topliss-reactive ketones (excluding diaryl/α,β-unsaturated/α-hetero) is 1. The van der Waals surface area contributed by atoms with Crippen molar-refractivity contribution in [3.63, 3.8) is 0 Å². The van der Waals surface area contributed by atoms with Crippen LogP contribution in [0.5, 0.6) is 0 Å². The first kappa shape index (κ1) is 21.1. The van der Waals surface area contributed by atoms with E-state index in [1.165, 1.54) is 0 Å². The summed E-state index contributed by atoms with van der Waals surface area (Å²) < 4.78 is 22.3. The Morgan fingerprint density at radius 2 is 1.56 bits per heavy atom. The molecule has 1 amide bonds. The van der Waals surface area contributed by atoms with Crippen LogP contribution in [0.25, 0.3) is 0 Å². The van der Waals surface area contributed by atoms with Crippen LogP contribution in [0, 0.1) is 5.92 Å². The number of nitrogens with zero attached hydrogens (tertiary/aromatic N) is 1. The van der Waals surface area contributed by atoms with E-state index in [9.17, 15) is 9.59 Å². The van der Waals surface area contributed by atoms with E-state index in [1.807, 2.05) is 54.6 Å². The Morgan fingerprint density at radius 1 is 0.906 bits per heavy atom. The second-order valence-electron chi connectivity index (χ2n) is 8.52. The quantitative estimate of drug-likeness (QED) is 0.664. The first-order valence-corrected chi connectivity index (χ1v) is 11.1. The minimum Gasteiger partial charge on any atom is -0.445 e. The molecule has 2 aromatic rings. The molecule has 2 bridgehead atoms. The van der Waals surface area contributed by atoms with Crippen molar-refractivity contribution in [2.24, 2.45) is 5.92 Å². The van der Waals surface area contributed by atoms with Gasteiger partial charge in [0, 0.05) is 17.0 Å². The molecule has 7 heteroatoms. The van der Waals surface area contributed by atoms with Crippen LogP contribution in [0.4, 0.5) is 4.79 Å². The number of ether oxygens (including phenoxy) is 4. The van der Waals surface area contributed by atoms with Crippen molar-refractivity contribution in [2.75, 3.05) is 26.4 Å². The molecule has 2 unspecified atom stereocenters. The zero-order valence-corrected chi connectivity index (χ0v) is 17.9. The van der Waals surface area contributed by atoms with E-state index in [0.29, 0.717) is 44.8 Å². The molecule has 0 spiro atoms. The van der Waals surface area contributed by atoms with Gasteiger partial charge in [0.05, 0.1) is 38.5 Å². The predicted octanol–water partition coefficient (Wildman–Crippen LogP) is 3.73. The van der Waals surface area contributed by atoms with E-state index in [-0.39, 0.29) is 42.8 Å². The van der Waals surface area contributed by atoms with Gasteiger partial charge in [-0.25, -0.2) is 4.79 Å². The fourth-order valence-corrected chi connectivity index (χ4v) is 4.81. The third kappa shape index (κ3) is 4.41. The van der Waals surface area contributed by atoms with Crippen molar-refractivity contribution in [2.45, 2.75) is 37.8 Å². The summed E-state index contributed by atoms with van der Waals surface area (Å²) in [4.78, 5) is 27.8. The number of carbonyl (C=O) groups is 2. The number of morpholine rings is 1. The first-order valence-electron chi connectivity index (χ1n) is 11.1. The predicted molar refractivity (Wildman–Crippen MR) is 115 cm³/mol. The third-order valence-corrected chi connectivity index (χ3v) is 6.40. The van der Waals surface area contributed by atoms with Crippen LogP contribution in [0.15, 0.2) is 54.6 Å². The molecule has 32 heavy (non-hydrogen) atoms. The smallest absolute Gasteiger partial charge is 0.410 e. The molecule has 3 heterocycles. The average Bonchev–Trinajstić information content (AvgIpc) is 3.37. The van der Waals surface area contributed by atoms with Crippen molar-refractivity contribution in [3.8, 4) is 0 Å². The zero-order valence-electron chi connectivity index (χ0n) is 17.9. The van der Waals surface area contributed by atoms with Crippen LogP contribution in [-0.4, -0.2) is 55.3 Å². The van der Waals surface area contributed by atoms with Gasteiger partial charge in [-0.05, 0) is 18.4 Å². The summed E-state index contributed by atoms with van der Waals surface area (Å²) in [6.45, 7) is 2.26. The molecule has 0 aromatic heterocycles. The topological polar surface area (TPSA) is 74.3 Å². The largest absolute Gasteiger partial charge is 0.445 e. The number of carbonyl (C=O) groups excluding carboxylic acids is 2. The number of fused-ring (bicyclic) bond motifs is 2. The number of hydrogen-bond donors (Lipinski definition) is 0. The molecule has 2 atom stereocenters. The van der Waals surface area contributed by atoms with Crippen LogP contribution in [0.2, 0.25) is 0 Å². The maximum Gasteiger partial charge on any atom is 0.410 e. The summed E-state index contributed by atoms with van der Waals surface area (Å²) in [5.74, 6) is -0.0316. The number of amides is 1. The lowest BCUT2D eigenvalue weighted by Crippen LogP contribution is -2.59. The number of ketones is 1. The first-order chi connectivity index (χ1) is 15.7. The van der Waals surface area contributed by atoms with Gasteiger partial charge in [-0.1, -0.05) is 54.6 Å². The van der Waals surface area contributed by atoms with Gasteiger partial charge in [-0.15, -0.1) is 0 Å². The maximum atomic E-state index is 13.2. The molecular weight excluding hydrogens is 410 g/mol. The SMILES string of the molecule is O=C(c1ccc(C2OCCO2)cc1)C1CC2COCC(C1)N2C(=O)OCc1ccccc1. The molecule has 0 radical (unpaired) electrons. The maximum absolute atomic E-state index is 13.2. The van der Waals surface area contributed by atoms with Crippen molar-refractivity contribution >= 4 is 11.9 Å². The van der Waals surface area contributed by atoms with Crippen LogP contribution in [-0.2, 0) is 25.6 Å². The highest BCUT2D eigenvalue weighted by Gasteiger charge is 2.44. The highest BCUT2D eigenvalue weighted by molar-refractivity contribution is 5.98. The summed E-state index contributed by atoms with van der Waals surface area (Å²) in [6, 6.07) is 16.8. The normalized spacial score (nSPS) is 25.5. The molecule has 3 saturated heterocycles. The third-order valence-electron chi connectivity index (χ3n) is 6.40. The summed E-state index contributed by atoms with van der Waals surface area (Å²) in [5.41, 5.74) is 2.54. The van der Waals surface area contributed by atoms with E-state index in [2.05, 4.69) is 0 Å². The lowest BCUT2D eigenvalue weighted by Gasteiger charge is -2.47. The van der Waals surface area contributed by atoms with Gasteiger partial charge in [0.15, 0.2) is 12.1 Å². The van der Waals surface area contributed by atoms with E-state index in [4.69, 9.17) is 18.9 Å². The number of benzene rings is 2. The van der Waals surface area contributed by atoms with Gasteiger partial charge in [-0.2, -0.15) is 0 Å². The monoisotopic (exact) mass is 437 g/mol. The molecule has 5 rings (SSSR count).